The Morgan fingerprint density at radius 1 is 1.18 bits per heavy atom. The number of carbonyl (C=O) groups is 1. The van der Waals surface area contributed by atoms with Crippen molar-refractivity contribution in [3.05, 3.63) is 50.7 Å². The summed E-state index contributed by atoms with van der Waals surface area (Å²) in [6.07, 6.45) is 6.79. The third kappa shape index (κ3) is 4.23. The lowest BCUT2D eigenvalue weighted by molar-refractivity contribution is -0.0347. The van der Waals surface area contributed by atoms with E-state index in [-0.39, 0.29) is 23.1 Å². The van der Waals surface area contributed by atoms with Crippen molar-refractivity contribution >= 4 is 5.91 Å². The number of hydrogen-bond donors (Lipinski definition) is 2. The summed E-state index contributed by atoms with van der Waals surface area (Å²) in [4.78, 5) is 30.7. The van der Waals surface area contributed by atoms with Gasteiger partial charge in [-0.25, -0.2) is 0 Å². The molecule has 0 spiro atoms. The molecule has 4 bridgehead atoms. The van der Waals surface area contributed by atoms with E-state index in [1.54, 1.807) is 6.07 Å². The van der Waals surface area contributed by atoms with Gasteiger partial charge in [-0.1, -0.05) is 0 Å². The molecule has 1 unspecified atom stereocenters. The number of pyridine rings is 1. The third-order valence-corrected chi connectivity index (χ3v) is 9.20. The number of rotatable bonds is 7. The Balaban J connectivity index is 1.20. The standard InChI is InChI=1S/C27H39N5O2/c1-15-25(17(3)32(5)30-15)16(2)31(4)14-22-6-7-23(27(34)29-22)26(33)28-13-24-20-9-18-8-19(11-20)12-21(24)10-18/h6-7,16,18-21,24H,8-14H2,1-5H3,(H,28,33)(H,29,34). The van der Waals surface area contributed by atoms with Crippen LogP contribution in [0.3, 0.4) is 0 Å². The number of aromatic amines is 1. The van der Waals surface area contributed by atoms with Crippen LogP contribution < -0.4 is 10.9 Å². The highest BCUT2D eigenvalue weighted by atomic mass is 16.2. The lowest BCUT2D eigenvalue weighted by atomic mass is 9.52. The van der Waals surface area contributed by atoms with E-state index < -0.39 is 0 Å². The maximum Gasteiger partial charge on any atom is 0.261 e. The molecule has 184 valence electrons. The molecule has 0 aliphatic heterocycles. The predicted molar refractivity (Wildman–Crippen MR) is 132 cm³/mol. The highest BCUT2D eigenvalue weighted by molar-refractivity contribution is 5.93. The fraction of sp³-hybridized carbons (Fsp3) is 0.667. The van der Waals surface area contributed by atoms with Crippen LogP contribution >= 0.6 is 0 Å². The molecule has 2 aromatic rings. The number of carbonyl (C=O) groups excluding carboxylic acids is 1. The van der Waals surface area contributed by atoms with E-state index in [0.29, 0.717) is 19.0 Å². The maximum absolute atomic E-state index is 12.9. The van der Waals surface area contributed by atoms with Crippen LogP contribution in [-0.2, 0) is 13.6 Å². The van der Waals surface area contributed by atoms with Gasteiger partial charge in [0.1, 0.15) is 5.56 Å². The van der Waals surface area contributed by atoms with Crippen LogP contribution in [0.15, 0.2) is 16.9 Å². The summed E-state index contributed by atoms with van der Waals surface area (Å²) in [6.45, 7) is 7.56. The molecule has 2 heterocycles. The molecular weight excluding hydrogens is 426 g/mol. The van der Waals surface area contributed by atoms with Gasteiger partial charge in [0.05, 0.1) is 5.69 Å². The van der Waals surface area contributed by atoms with E-state index in [4.69, 9.17) is 0 Å². The second-order valence-corrected chi connectivity index (χ2v) is 11.3. The predicted octanol–water partition coefficient (Wildman–Crippen LogP) is 3.72. The average molecular weight is 466 g/mol. The van der Waals surface area contributed by atoms with E-state index in [1.165, 1.54) is 37.7 Å². The Morgan fingerprint density at radius 2 is 1.82 bits per heavy atom. The number of H-pyrrole nitrogens is 1. The van der Waals surface area contributed by atoms with Gasteiger partial charge in [0, 0.05) is 43.1 Å². The molecule has 4 aliphatic carbocycles. The minimum Gasteiger partial charge on any atom is -0.352 e. The maximum atomic E-state index is 12.9. The fourth-order valence-electron chi connectivity index (χ4n) is 7.48. The molecule has 4 aliphatic rings. The van der Waals surface area contributed by atoms with Crippen molar-refractivity contribution in [2.24, 2.45) is 36.6 Å². The van der Waals surface area contributed by atoms with Crippen LogP contribution in [0.25, 0.3) is 0 Å². The molecule has 6 rings (SSSR count). The molecule has 4 fully saturated rings. The number of aromatic nitrogens is 3. The minimum absolute atomic E-state index is 0.154. The molecule has 2 aromatic heterocycles. The van der Waals surface area contributed by atoms with Crippen molar-refractivity contribution < 1.29 is 4.79 Å². The van der Waals surface area contributed by atoms with Gasteiger partial charge in [0.25, 0.3) is 11.5 Å². The second-order valence-electron chi connectivity index (χ2n) is 11.3. The van der Waals surface area contributed by atoms with Crippen molar-refractivity contribution in [3.63, 3.8) is 0 Å². The Morgan fingerprint density at radius 3 is 2.38 bits per heavy atom. The molecule has 34 heavy (non-hydrogen) atoms. The summed E-state index contributed by atoms with van der Waals surface area (Å²) in [5, 5.41) is 7.63. The SMILES string of the molecule is Cc1nn(C)c(C)c1C(C)N(C)Cc1ccc(C(=O)NCC2C3CC4CC(C3)CC2C4)c(=O)[nH]1. The van der Waals surface area contributed by atoms with Gasteiger partial charge in [-0.05, 0) is 102 Å². The zero-order valence-electron chi connectivity index (χ0n) is 21.2. The summed E-state index contributed by atoms with van der Waals surface area (Å²) in [6, 6.07) is 3.70. The zero-order valence-corrected chi connectivity index (χ0v) is 21.2. The second kappa shape index (κ2) is 8.99. The van der Waals surface area contributed by atoms with E-state index in [2.05, 4.69) is 34.1 Å². The lowest BCUT2D eigenvalue weighted by Gasteiger charge is -2.54. The smallest absolute Gasteiger partial charge is 0.261 e. The molecule has 1 atom stereocenters. The van der Waals surface area contributed by atoms with E-state index in [9.17, 15) is 9.59 Å². The fourth-order valence-corrected chi connectivity index (χ4v) is 7.48. The number of nitrogens with zero attached hydrogens (tertiary/aromatic N) is 3. The molecule has 1 amide bonds. The Hall–Kier alpha value is -2.41. The first-order valence-corrected chi connectivity index (χ1v) is 12.9. The number of nitrogens with one attached hydrogen (secondary N) is 2. The average Bonchev–Trinajstić information content (AvgIpc) is 3.03. The van der Waals surface area contributed by atoms with Crippen LogP contribution in [0.4, 0.5) is 0 Å². The van der Waals surface area contributed by atoms with Gasteiger partial charge in [-0.2, -0.15) is 5.10 Å². The molecule has 7 nitrogen and oxygen atoms in total. The van der Waals surface area contributed by atoms with Crippen LogP contribution in [-0.4, -0.2) is 39.2 Å². The molecule has 7 heteroatoms. The molecule has 4 saturated carbocycles. The van der Waals surface area contributed by atoms with Crippen molar-refractivity contribution in [2.45, 2.75) is 65.5 Å². The molecule has 0 aromatic carbocycles. The third-order valence-electron chi connectivity index (χ3n) is 9.20. The Labute approximate surface area is 202 Å². The highest BCUT2D eigenvalue weighted by Gasteiger charge is 2.47. The Bertz CT molecular complexity index is 1100. The number of aryl methyl sites for hydroxylation is 2. The van der Waals surface area contributed by atoms with E-state index >= 15 is 0 Å². The summed E-state index contributed by atoms with van der Waals surface area (Å²) in [5.41, 5.74) is 4.09. The normalized spacial score (nSPS) is 28.5. The Kier molecular flexibility index (Phi) is 6.17. The van der Waals surface area contributed by atoms with Crippen LogP contribution in [0.2, 0.25) is 0 Å². The minimum atomic E-state index is -0.310. The van der Waals surface area contributed by atoms with Crippen molar-refractivity contribution in [1.82, 2.24) is 25.0 Å². The largest absolute Gasteiger partial charge is 0.352 e. The molecule has 0 radical (unpaired) electrons. The number of amides is 1. The van der Waals surface area contributed by atoms with Gasteiger partial charge < -0.3 is 10.3 Å². The summed E-state index contributed by atoms with van der Waals surface area (Å²) in [5.74, 6) is 3.73. The topological polar surface area (TPSA) is 83.0 Å². The van der Waals surface area contributed by atoms with Gasteiger partial charge in [-0.15, -0.1) is 0 Å². The molecule has 2 N–H and O–H groups in total. The monoisotopic (exact) mass is 465 g/mol. The molecule has 0 saturated heterocycles. The zero-order chi connectivity index (χ0) is 24.1. The van der Waals surface area contributed by atoms with Gasteiger partial charge in [0.2, 0.25) is 0 Å². The van der Waals surface area contributed by atoms with Gasteiger partial charge in [-0.3, -0.25) is 19.2 Å². The summed E-state index contributed by atoms with van der Waals surface area (Å²) in [7, 11) is 4.00. The first kappa shape index (κ1) is 23.3. The van der Waals surface area contributed by atoms with Gasteiger partial charge >= 0.3 is 0 Å². The summed E-state index contributed by atoms with van der Waals surface area (Å²) < 4.78 is 1.91. The quantitative estimate of drug-likeness (QED) is 0.653. The van der Waals surface area contributed by atoms with E-state index in [0.717, 1.165) is 40.8 Å². The van der Waals surface area contributed by atoms with Crippen LogP contribution in [0, 0.1) is 43.4 Å². The molecular formula is C27H39N5O2. The van der Waals surface area contributed by atoms with Crippen molar-refractivity contribution in [3.8, 4) is 0 Å². The number of hydrogen-bond acceptors (Lipinski definition) is 4. The first-order valence-electron chi connectivity index (χ1n) is 12.9. The first-order chi connectivity index (χ1) is 16.2. The van der Waals surface area contributed by atoms with Crippen molar-refractivity contribution in [1.29, 1.82) is 0 Å². The van der Waals surface area contributed by atoms with E-state index in [1.807, 2.05) is 31.8 Å². The lowest BCUT2D eigenvalue weighted by Crippen LogP contribution is -2.49. The summed E-state index contributed by atoms with van der Waals surface area (Å²) >= 11 is 0. The van der Waals surface area contributed by atoms with Crippen molar-refractivity contribution in [2.75, 3.05) is 13.6 Å². The van der Waals surface area contributed by atoms with Gasteiger partial charge in [0.15, 0.2) is 0 Å². The van der Waals surface area contributed by atoms with Crippen LogP contribution in [0.5, 0.6) is 0 Å². The van der Waals surface area contributed by atoms with Crippen LogP contribution in [0.1, 0.15) is 78.1 Å². The highest BCUT2D eigenvalue weighted by Crippen LogP contribution is 2.56.